The smallest absolute Gasteiger partial charge is 0.292 e. The molecule has 134 valence electrons. The molecule has 0 amide bonds. The van der Waals surface area contributed by atoms with Crippen LogP contribution in [0.1, 0.15) is 18.4 Å². The van der Waals surface area contributed by atoms with Gasteiger partial charge in [-0.2, -0.15) is 0 Å². The van der Waals surface area contributed by atoms with E-state index in [4.69, 9.17) is 10.7 Å². The summed E-state index contributed by atoms with van der Waals surface area (Å²) in [4.78, 5) is 11.7. The van der Waals surface area contributed by atoms with Gasteiger partial charge in [-0.05, 0) is 13.0 Å². The van der Waals surface area contributed by atoms with E-state index in [-0.39, 0.29) is 22.7 Å². The van der Waals surface area contributed by atoms with Crippen molar-refractivity contribution < 1.29 is 21.6 Å². The fourth-order valence-electron chi connectivity index (χ4n) is 2.34. The minimum absolute atomic E-state index is 0.0376. The van der Waals surface area contributed by atoms with Gasteiger partial charge in [0.1, 0.15) is 10.7 Å². The SMILES string of the molecule is CCn1c(=O)n(-c2nnc(C(F)F)s2)c2cc(S(=O)(=O)Cl)c(F)cc21. The highest BCUT2D eigenvalue weighted by molar-refractivity contribution is 8.13. The molecule has 0 spiro atoms. The van der Waals surface area contributed by atoms with Crippen LogP contribution in [0.25, 0.3) is 16.2 Å². The molecule has 3 aromatic rings. The summed E-state index contributed by atoms with van der Waals surface area (Å²) < 4.78 is 64.6. The van der Waals surface area contributed by atoms with Crippen LogP contribution < -0.4 is 5.69 Å². The molecule has 0 N–H and O–H groups in total. The minimum Gasteiger partial charge on any atom is -0.292 e. The van der Waals surface area contributed by atoms with E-state index in [2.05, 4.69) is 10.2 Å². The van der Waals surface area contributed by atoms with Crippen LogP contribution in [-0.2, 0) is 15.6 Å². The van der Waals surface area contributed by atoms with Gasteiger partial charge in [0.2, 0.25) is 5.13 Å². The average Bonchev–Trinajstić information content (AvgIpc) is 3.07. The van der Waals surface area contributed by atoms with Gasteiger partial charge < -0.3 is 0 Å². The molecule has 0 radical (unpaired) electrons. The molecule has 3 rings (SSSR count). The lowest BCUT2D eigenvalue weighted by atomic mass is 10.3. The quantitative estimate of drug-likeness (QED) is 0.615. The molecule has 0 aliphatic carbocycles. The average molecular weight is 413 g/mol. The van der Waals surface area contributed by atoms with Crippen molar-refractivity contribution in [2.75, 3.05) is 0 Å². The van der Waals surface area contributed by atoms with Gasteiger partial charge in [0.15, 0.2) is 5.01 Å². The Morgan fingerprint density at radius 1 is 1.28 bits per heavy atom. The lowest BCUT2D eigenvalue weighted by molar-refractivity contribution is 0.150. The first-order valence-corrected chi connectivity index (χ1v) is 9.79. The number of aromatic nitrogens is 4. The lowest BCUT2D eigenvalue weighted by Crippen LogP contribution is -2.22. The van der Waals surface area contributed by atoms with E-state index in [1.54, 1.807) is 6.92 Å². The summed E-state index contributed by atoms with van der Waals surface area (Å²) in [5.74, 6) is -1.13. The number of rotatable bonds is 4. The highest BCUT2D eigenvalue weighted by Gasteiger charge is 2.24. The molecule has 7 nitrogen and oxygen atoms in total. The molecule has 13 heteroatoms. The zero-order valence-corrected chi connectivity index (χ0v) is 14.7. The number of benzene rings is 1. The number of nitrogens with zero attached hydrogens (tertiary/aromatic N) is 4. The van der Waals surface area contributed by atoms with E-state index in [0.717, 1.165) is 21.3 Å². The van der Waals surface area contributed by atoms with Crippen molar-refractivity contribution in [3.8, 4) is 5.13 Å². The molecular formula is C12H8ClF3N4O3S2. The lowest BCUT2D eigenvalue weighted by Gasteiger charge is -2.02. The Balaban J connectivity index is 2.41. The summed E-state index contributed by atoms with van der Waals surface area (Å²) in [7, 11) is 0.780. The van der Waals surface area contributed by atoms with E-state index in [9.17, 15) is 26.4 Å². The molecule has 25 heavy (non-hydrogen) atoms. The maximum atomic E-state index is 14.1. The maximum Gasteiger partial charge on any atom is 0.335 e. The maximum absolute atomic E-state index is 14.1. The van der Waals surface area contributed by atoms with Crippen LogP contribution in [0.5, 0.6) is 0 Å². The molecule has 0 unspecified atom stereocenters. The third-order valence-corrected chi connectivity index (χ3v) is 5.62. The number of hydrogen-bond acceptors (Lipinski definition) is 6. The van der Waals surface area contributed by atoms with Gasteiger partial charge in [-0.25, -0.2) is 31.0 Å². The monoisotopic (exact) mass is 412 g/mol. The second-order valence-corrected chi connectivity index (χ2v) is 8.32. The predicted octanol–water partition coefficient (Wildman–Crippen LogP) is 2.67. The first-order chi connectivity index (χ1) is 11.6. The van der Waals surface area contributed by atoms with Gasteiger partial charge in [0.05, 0.1) is 11.0 Å². The Labute approximate surface area is 146 Å². The first-order valence-electron chi connectivity index (χ1n) is 6.66. The van der Waals surface area contributed by atoms with Crippen LogP contribution in [0.4, 0.5) is 13.2 Å². The van der Waals surface area contributed by atoms with Crippen LogP contribution in [0.3, 0.4) is 0 Å². The highest BCUT2D eigenvalue weighted by atomic mass is 35.7. The zero-order chi connectivity index (χ0) is 18.5. The predicted molar refractivity (Wildman–Crippen MR) is 84.6 cm³/mol. The van der Waals surface area contributed by atoms with Gasteiger partial charge >= 0.3 is 5.69 Å². The summed E-state index contributed by atoms with van der Waals surface area (Å²) in [6.07, 6.45) is -2.88. The second kappa shape index (κ2) is 6.11. The van der Waals surface area contributed by atoms with Crippen LogP contribution in [-0.4, -0.2) is 27.7 Å². The summed E-state index contributed by atoms with van der Waals surface area (Å²) in [5.41, 5.74) is -0.662. The summed E-state index contributed by atoms with van der Waals surface area (Å²) in [6, 6.07) is 1.71. The zero-order valence-electron chi connectivity index (χ0n) is 12.3. The normalized spacial score (nSPS) is 12.4. The molecule has 0 atom stereocenters. The highest BCUT2D eigenvalue weighted by Crippen LogP contribution is 2.29. The van der Waals surface area contributed by atoms with E-state index < -0.39 is 36.9 Å². The summed E-state index contributed by atoms with van der Waals surface area (Å²) in [6.45, 7) is 1.75. The Bertz CT molecular complexity index is 1140. The Morgan fingerprint density at radius 2 is 1.96 bits per heavy atom. The molecule has 1 aromatic carbocycles. The Morgan fingerprint density at radius 3 is 2.48 bits per heavy atom. The number of hydrogen-bond donors (Lipinski definition) is 0. The third kappa shape index (κ3) is 2.93. The molecule has 0 aliphatic heterocycles. The van der Waals surface area contributed by atoms with Crippen molar-refractivity contribution in [1.82, 2.24) is 19.3 Å². The fourth-order valence-corrected chi connectivity index (χ4v) is 3.94. The number of fused-ring (bicyclic) bond motifs is 1. The van der Waals surface area contributed by atoms with Gasteiger partial charge in [-0.15, -0.1) is 10.2 Å². The van der Waals surface area contributed by atoms with E-state index in [0.29, 0.717) is 11.3 Å². The van der Waals surface area contributed by atoms with Crippen LogP contribution in [0.15, 0.2) is 21.8 Å². The molecule has 0 aliphatic rings. The van der Waals surface area contributed by atoms with Gasteiger partial charge in [-0.3, -0.25) is 4.57 Å². The van der Waals surface area contributed by atoms with Crippen molar-refractivity contribution >= 4 is 42.1 Å². The van der Waals surface area contributed by atoms with Crippen LogP contribution >= 0.6 is 22.0 Å². The van der Waals surface area contributed by atoms with E-state index in [1.807, 2.05) is 0 Å². The van der Waals surface area contributed by atoms with Gasteiger partial charge in [0, 0.05) is 23.3 Å². The molecule has 2 aromatic heterocycles. The molecule has 0 bridgehead atoms. The molecule has 0 saturated heterocycles. The minimum atomic E-state index is -4.42. The molecule has 2 heterocycles. The van der Waals surface area contributed by atoms with E-state index >= 15 is 0 Å². The molecular weight excluding hydrogens is 405 g/mol. The van der Waals surface area contributed by atoms with Crippen molar-refractivity contribution in [2.45, 2.75) is 24.8 Å². The van der Waals surface area contributed by atoms with Crippen molar-refractivity contribution in [1.29, 1.82) is 0 Å². The molecule has 0 saturated carbocycles. The first kappa shape index (κ1) is 17.9. The van der Waals surface area contributed by atoms with Gasteiger partial charge in [0.25, 0.3) is 15.5 Å². The second-order valence-electron chi connectivity index (χ2n) is 4.80. The number of aryl methyl sites for hydroxylation is 1. The Hall–Kier alpha value is -1.92. The molecule has 0 fully saturated rings. The summed E-state index contributed by atoms with van der Waals surface area (Å²) >= 11 is 0.466. The van der Waals surface area contributed by atoms with Crippen molar-refractivity contribution in [2.24, 2.45) is 0 Å². The van der Waals surface area contributed by atoms with Crippen LogP contribution in [0, 0.1) is 5.82 Å². The standard InChI is InChI=1S/C12H8ClF3N4O3S2/c1-2-19-6-3-5(14)8(25(13,22)23)4-7(6)20(12(19)21)11-18-17-10(24-11)9(15)16/h3-4,9H,2H2,1H3. The van der Waals surface area contributed by atoms with Crippen LogP contribution in [0.2, 0.25) is 0 Å². The fraction of sp³-hybridized carbons (Fsp3) is 0.250. The number of halogens is 4. The van der Waals surface area contributed by atoms with E-state index in [1.165, 1.54) is 0 Å². The van der Waals surface area contributed by atoms with Crippen molar-refractivity contribution in [3.05, 3.63) is 33.4 Å². The summed E-state index contributed by atoms with van der Waals surface area (Å²) in [5, 5.41) is 6.04. The van der Waals surface area contributed by atoms with Gasteiger partial charge in [-0.1, -0.05) is 11.3 Å². The van der Waals surface area contributed by atoms with Crippen molar-refractivity contribution in [3.63, 3.8) is 0 Å². The Kier molecular flexibility index (Phi) is 4.37. The topological polar surface area (TPSA) is 86.8 Å². The number of alkyl halides is 2. The third-order valence-electron chi connectivity index (χ3n) is 3.37. The number of imidazole rings is 1. The largest absolute Gasteiger partial charge is 0.335 e.